The van der Waals surface area contributed by atoms with E-state index in [1.165, 1.54) is 0 Å². The molecule has 0 spiro atoms. The first-order valence-corrected chi connectivity index (χ1v) is 5.44. The SMILES string of the molecule is CC(C)[C@@H](O)C[C@]12C=C[C@H](CC1=O)C2. The van der Waals surface area contributed by atoms with Gasteiger partial charge in [-0.1, -0.05) is 26.0 Å². The highest BCUT2D eigenvalue weighted by atomic mass is 16.3. The highest BCUT2D eigenvalue weighted by Gasteiger charge is 2.48. The number of hydrogen-bond donors (Lipinski definition) is 1. The molecule has 0 radical (unpaired) electrons. The normalized spacial score (nSPS) is 37.1. The number of aliphatic hydroxyl groups is 1. The molecule has 0 unspecified atom stereocenters. The van der Waals surface area contributed by atoms with Crippen molar-refractivity contribution in [2.24, 2.45) is 17.3 Å². The summed E-state index contributed by atoms with van der Waals surface area (Å²) in [5.74, 6) is 1.04. The van der Waals surface area contributed by atoms with E-state index in [9.17, 15) is 9.90 Å². The summed E-state index contributed by atoms with van der Waals surface area (Å²) < 4.78 is 0. The second kappa shape index (κ2) is 3.20. The van der Waals surface area contributed by atoms with Gasteiger partial charge in [-0.2, -0.15) is 0 Å². The number of aliphatic hydroxyl groups excluding tert-OH is 1. The van der Waals surface area contributed by atoms with Crippen LogP contribution >= 0.6 is 0 Å². The van der Waals surface area contributed by atoms with Crippen LogP contribution in [0.25, 0.3) is 0 Å². The first-order chi connectivity index (χ1) is 6.53. The maximum absolute atomic E-state index is 11.8. The number of fused-ring (bicyclic) bond motifs is 2. The van der Waals surface area contributed by atoms with Gasteiger partial charge in [-0.15, -0.1) is 0 Å². The maximum Gasteiger partial charge on any atom is 0.143 e. The van der Waals surface area contributed by atoms with E-state index in [4.69, 9.17) is 0 Å². The summed E-state index contributed by atoms with van der Waals surface area (Å²) in [5, 5.41) is 9.83. The van der Waals surface area contributed by atoms with E-state index in [0.717, 1.165) is 6.42 Å². The van der Waals surface area contributed by atoms with Crippen LogP contribution in [0.4, 0.5) is 0 Å². The van der Waals surface area contributed by atoms with Gasteiger partial charge in [0.2, 0.25) is 0 Å². The molecule has 2 heteroatoms. The van der Waals surface area contributed by atoms with Crippen LogP contribution in [0.15, 0.2) is 12.2 Å². The molecule has 1 N–H and O–H groups in total. The van der Waals surface area contributed by atoms with Crippen molar-refractivity contribution in [1.29, 1.82) is 0 Å². The topological polar surface area (TPSA) is 37.3 Å². The summed E-state index contributed by atoms with van der Waals surface area (Å²) in [6.07, 6.45) is 6.09. The van der Waals surface area contributed by atoms with E-state index in [-0.39, 0.29) is 17.4 Å². The molecular formula is C12H18O2. The van der Waals surface area contributed by atoms with Crippen molar-refractivity contribution < 1.29 is 9.90 Å². The molecule has 1 saturated carbocycles. The monoisotopic (exact) mass is 194 g/mol. The van der Waals surface area contributed by atoms with Gasteiger partial charge in [0.1, 0.15) is 5.78 Å². The lowest BCUT2D eigenvalue weighted by molar-refractivity contribution is -0.125. The van der Waals surface area contributed by atoms with Crippen LogP contribution in [0.2, 0.25) is 0 Å². The number of ketones is 1. The fourth-order valence-corrected chi connectivity index (χ4v) is 2.59. The molecule has 3 atom stereocenters. The molecule has 0 aliphatic heterocycles. The first-order valence-electron chi connectivity index (χ1n) is 5.44. The molecule has 2 aliphatic rings. The van der Waals surface area contributed by atoms with E-state index >= 15 is 0 Å². The average Bonchev–Trinajstić information content (AvgIpc) is 2.60. The predicted molar refractivity (Wildman–Crippen MR) is 54.8 cm³/mol. The molecule has 0 heterocycles. The van der Waals surface area contributed by atoms with E-state index < -0.39 is 0 Å². The van der Waals surface area contributed by atoms with Gasteiger partial charge in [0, 0.05) is 11.8 Å². The summed E-state index contributed by atoms with van der Waals surface area (Å²) in [6, 6.07) is 0. The largest absolute Gasteiger partial charge is 0.393 e. The lowest BCUT2D eigenvalue weighted by Gasteiger charge is -2.26. The Bertz CT molecular complexity index is 280. The van der Waals surface area contributed by atoms with Crippen LogP contribution in [0.3, 0.4) is 0 Å². The lowest BCUT2D eigenvalue weighted by atomic mass is 9.79. The third kappa shape index (κ3) is 1.42. The van der Waals surface area contributed by atoms with Crippen LogP contribution in [-0.4, -0.2) is 17.0 Å². The van der Waals surface area contributed by atoms with Crippen molar-refractivity contribution in [1.82, 2.24) is 0 Å². The van der Waals surface area contributed by atoms with Crippen LogP contribution in [0.1, 0.15) is 33.1 Å². The van der Waals surface area contributed by atoms with Gasteiger partial charge in [-0.3, -0.25) is 4.79 Å². The molecule has 78 valence electrons. The summed E-state index contributed by atoms with van der Waals surface area (Å²) in [5.41, 5.74) is -0.297. The van der Waals surface area contributed by atoms with Gasteiger partial charge in [0.05, 0.1) is 6.10 Å². The summed E-state index contributed by atoms with van der Waals surface area (Å²) in [7, 11) is 0. The zero-order valence-electron chi connectivity index (χ0n) is 8.86. The Labute approximate surface area is 85.0 Å². The molecule has 2 nitrogen and oxygen atoms in total. The van der Waals surface area contributed by atoms with Crippen molar-refractivity contribution in [3.8, 4) is 0 Å². The van der Waals surface area contributed by atoms with E-state index in [0.29, 0.717) is 24.5 Å². The Morgan fingerprint density at radius 3 is 2.79 bits per heavy atom. The van der Waals surface area contributed by atoms with E-state index in [1.54, 1.807) is 0 Å². The smallest absolute Gasteiger partial charge is 0.143 e. The number of rotatable bonds is 3. The second-order valence-corrected chi connectivity index (χ2v) is 5.12. The van der Waals surface area contributed by atoms with E-state index in [2.05, 4.69) is 6.08 Å². The van der Waals surface area contributed by atoms with Crippen molar-refractivity contribution in [2.45, 2.75) is 39.2 Å². The Morgan fingerprint density at radius 2 is 2.36 bits per heavy atom. The molecule has 2 rings (SSSR count). The molecule has 1 fully saturated rings. The summed E-state index contributed by atoms with van der Waals surface area (Å²) in [6.45, 7) is 3.99. The minimum Gasteiger partial charge on any atom is -0.393 e. The predicted octanol–water partition coefficient (Wildman–Crippen LogP) is 1.93. The zero-order chi connectivity index (χ0) is 10.3. The quantitative estimate of drug-likeness (QED) is 0.697. The Morgan fingerprint density at radius 1 is 1.64 bits per heavy atom. The van der Waals surface area contributed by atoms with Gasteiger partial charge < -0.3 is 5.11 Å². The zero-order valence-corrected chi connectivity index (χ0v) is 8.86. The lowest BCUT2D eigenvalue weighted by Crippen LogP contribution is -2.30. The van der Waals surface area contributed by atoms with Crippen LogP contribution in [0, 0.1) is 17.3 Å². The minimum absolute atomic E-state index is 0.241. The Kier molecular flexibility index (Phi) is 2.26. The number of allylic oxidation sites excluding steroid dienone is 2. The number of hydrogen-bond acceptors (Lipinski definition) is 2. The van der Waals surface area contributed by atoms with Gasteiger partial charge in [0.15, 0.2) is 0 Å². The summed E-state index contributed by atoms with van der Waals surface area (Å²) >= 11 is 0. The highest BCUT2D eigenvalue weighted by Crippen LogP contribution is 2.49. The van der Waals surface area contributed by atoms with Crippen LogP contribution in [-0.2, 0) is 4.79 Å². The number of Topliss-reactive ketones (excluding diaryl/α,β-unsaturated/α-hetero) is 1. The summed E-state index contributed by atoms with van der Waals surface area (Å²) in [4.78, 5) is 11.8. The van der Waals surface area contributed by atoms with Crippen molar-refractivity contribution in [3.63, 3.8) is 0 Å². The standard InChI is InChI=1S/C12H18O2/c1-8(2)10(13)7-12-4-3-9(6-12)5-11(12)14/h3-4,8-10,13H,5-7H2,1-2H3/t9-,10+,12-/m1/s1. The van der Waals surface area contributed by atoms with Crippen LogP contribution < -0.4 is 0 Å². The molecule has 0 saturated heterocycles. The fraction of sp³-hybridized carbons (Fsp3) is 0.750. The van der Waals surface area contributed by atoms with Gasteiger partial charge in [0.25, 0.3) is 0 Å². The molecule has 0 aromatic heterocycles. The molecule has 0 aromatic carbocycles. The molecule has 14 heavy (non-hydrogen) atoms. The third-order valence-electron chi connectivity index (χ3n) is 3.66. The van der Waals surface area contributed by atoms with Crippen molar-refractivity contribution >= 4 is 5.78 Å². The number of carbonyl (C=O) groups excluding carboxylic acids is 1. The van der Waals surface area contributed by atoms with Gasteiger partial charge in [-0.25, -0.2) is 0 Å². The van der Waals surface area contributed by atoms with Gasteiger partial charge >= 0.3 is 0 Å². The molecule has 2 aliphatic carbocycles. The second-order valence-electron chi connectivity index (χ2n) is 5.12. The van der Waals surface area contributed by atoms with Crippen molar-refractivity contribution in [3.05, 3.63) is 12.2 Å². The van der Waals surface area contributed by atoms with Crippen molar-refractivity contribution in [2.75, 3.05) is 0 Å². The maximum atomic E-state index is 11.8. The van der Waals surface area contributed by atoms with E-state index in [1.807, 2.05) is 19.9 Å². The minimum atomic E-state index is -0.347. The number of carbonyl (C=O) groups is 1. The van der Waals surface area contributed by atoms with Gasteiger partial charge in [-0.05, 0) is 24.7 Å². The highest BCUT2D eigenvalue weighted by molar-refractivity contribution is 5.90. The average molecular weight is 194 g/mol. The molecular weight excluding hydrogens is 176 g/mol. The first kappa shape index (κ1) is 9.91. The fourth-order valence-electron chi connectivity index (χ4n) is 2.59. The molecule has 0 aromatic rings. The Hall–Kier alpha value is -0.630. The third-order valence-corrected chi connectivity index (χ3v) is 3.66. The van der Waals surface area contributed by atoms with Crippen LogP contribution in [0.5, 0.6) is 0 Å². The molecule has 0 amide bonds. The molecule has 2 bridgehead atoms. The Balaban J connectivity index is 2.10.